The quantitative estimate of drug-likeness (QED) is 0.264. The standard InChI is InChI=1S/C20H33N3O2/c1-3-21-20(22-16-10-5-4-9-15-19(24)25-2)23-17-11-14-18-12-7-6-8-13-18/h6-8,12-13H,3-5,9-11,14-17H2,1-2H3,(H2,21,22,23). The van der Waals surface area contributed by atoms with E-state index in [1.165, 1.54) is 12.7 Å². The van der Waals surface area contributed by atoms with Gasteiger partial charge in [-0.2, -0.15) is 0 Å². The predicted molar refractivity (Wildman–Crippen MR) is 104 cm³/mol. The average molecular weight is 348 g/mol. The Morgan fingerprint density at radius 1 is 1.04 bits per heavy atom. The Labute approximate surface area is 152 Å². The summed E-state index contributed by atoms with van der Waals surface area (Å²) in [5.74, 6) is 0.778. The lowest BCUT2D eigenvalue weighted by atomic mass is 10.1. The molecule has 25 heavy (non-hydrogen) atoms. The van der Waals surface area contributed by atoms with E-state index in [-0.39, 0.29) is 5.97 Å². The van der Waals surface area contributed by atoms with Gasteiger partial charge in [-0.1, -0.05) is 43.2 Å². The molecule has 1 aromatic carbocycles. The van der Waals surface area contributed by atoms with Crippen LogP contribution in [0.25, 0.3) is 0 Å². The third kappa shape index (κ3) is 11.2. The fraction of sp³-hybridized carbons (Fsp3) is 0.600. The van der Waals surface area contributed by atoms with Crippen LogP contribution < -0.4 is 10.6 Å². The first-order chi connectivity index (χ1) is 12.3. The van der Waals surface area contributed by atoms with Crippen molar-refractivity contribution in [1.82, 2.24) is 10.6 Å². The van der Waals surface area contributed by atoms with E-state index in [1.54, 1.807) is 0 Å². The summed E-state index contributed by atoms with van der Waals surface area (Å²) in [6, 6.07) is 10.5. The van der Waals surface area contributed by atoms with Crippen molar-refractivity contribution in [2.45, 2.75) is 51.9 Å². The maximum absolute atomic E-state index is 11.0. The van der Waals surface area contributed by atoms with Gasteiger partial charge in [0.25, 0.3) is 0 Å². The van der Waals surface area contributed by atoms with Gasteiger partial charge in [-0.15, -0.1) is 0 Å². The number of carbonyl (C=O) groups excluding carboxylic acids is 1. The Morgan fingerprint density at radius 2 is 1.80 bits per heavy atom. The summed E-state index contributed by atoms with van der Waals surface area (Å²) in [6.45, 7) is 4.67. The smallest absolute Gasteiger partial charge is 0.305 e. The fourth-order valence-corrected chi connectivity index (χ4v) is 2.52. The molecular formula is C20H33N3O2. The Morgan fingerprint density at radius 3 is 2.52 bits per heavy atom. The Hall–Kier alpha value is -2.04. The van der Waals surface area contributed by atoms with Crippen LogP contribution in [0.4, 0.5) is 0 Å². The molecule has 1 rings (SSSR count). The molecule has 0 aromatic heterocycles. The molecule has 0 aliphatic rings. The highest BCUT2D eigenvalue weighted by atomic mass is 16.5. The summed E-state index contributed by atoms with van der Waals surface area (Å²) >= 11 is 0. The number of carbonyl (C=O) groups is 1. The predicted octanol–water partition coefficient (Wildman–Crippen LogP) is 3.30. The maximum Gasteiger partial charge on any atom is 0.305 e. The number of aryl methyl sites for hydroxylation is 1. The highest BCUT2D eigenvalue weighted by Crippen LogP contribution is 2.04. The molecule has 140 valence electrons. The van der Waals surface area contributed by atoms with Crippen LogP contribution in [0.5, 0.6) is 0 Å². The summed E-state index contributed by atoms with van der Waals surface area (Å²) in [7, 11) is 1.44. The van der Waals surface area contributed by atoms with E-state index in [1.807, 2.05) is 6.07 Å². The Bertz CT molecular complexity index is 489. The van der Waals surface area contributed by atoms with Crippen LogP contribution in [0.15, 0.2) is 35.3 Å². The summed E-state index contributed by atoms with van der Waals surface area (Å²) in [5, 5.41) is 6.66. The van der Waals surface area contributed by atoms with Gasteiger partial charge in [0.1, 0.15) is 0 Å². The number of aliphatic imine (C=N–C) groups is 1. The third-order valence-corrected chi connectivity index (χ3v) is 3.91. The van der Waals surface area contributed by atoms with Crippen LogP contribution in [0.3, 0.4) is 0 Å². The van der Waals surface area contributed by atoms with Gasteiger partial charge in [-0.3, -0.25) is 9.79 Å². The lowest BCUT2D eigenvalue weighted by Crippen LogP contribution is -2.37. The van der Waals surface area contributed by atoms with Crippen LogP contribution in [-0.2, 0) is 16.0 Å². The lowest BCUT2D eigenvalue weighted by molar-refractivity contribution is -0.140. The molecule has 0 bridgehead atoms. The van der Waals surface area contributed by atoms with Crippen molar-refractivity contribution in [2.75, 3.05) is 26.7 Å². The van der Waals surface area contributed by atoms with E-state index >= 15 is 0 Å². The molecular weight excluding hydrogens is 314 g/mol. The molecule has 0 radical (unpaired) electrons. The number of guanidine groups is 1. The maximum atomic E-state index is 11.0. The summed E-state index contributed by atoms with van der Waals surface area (Å²) in [6.07, 6.45) is 6.78. The molecule has 5 heteroatoms. The highest BCUT2D eigenvalue weighted by Gasteiger charge is 2.00. The van der Waals surface area contributed by atoms with Crippen LogP contribution in [0.1, 0.15) is 51.0 Å². The van der Waals surface area contributed by atoms with E-state index in [0.29, 0.717) is 6.42 Å². The zero-order valence-corrected chi connectivity index (χ0v) is 15.7. The third-order valence-electron chi connectivity index (χ3n) is 3.91. The molecule has 0 spiro atoms. The molecule has 5 nitrogen and oxygen atoms in total. The van der Waals surface area contributed by atoms with E-state index in [9.17, 15) is 4.79 Å². The molecule has 0 saturated heterocycles. The minimum absolute atomic E-state index is 0.116. The molecule has 2 N–H and O–H groups in total. The molecule has 0 unspecified atom stereocenters. The van der Waals surface area contributed by atoms with Gasteiger partial charge in [-0.25, -0.2) is 0 Å². The molecule has 0 saturated carbocycles. The number of hydrogen-bond donors (Lipinski definition) is 2. The van der Waals surface area contributed by atoms with Crippen molar-refractivity contribution in [3.8, 4) is 0 Å². The summed E-state index contributed by atoms with van der Waals surface area (Å²) < 4.78 is 4.64. The molecule has 0 aliphatic carbocycles. The summed E-state index contributed by atoms with van der Waals surface area (Å²) in [5.41, 5.74) is 1.36. The van der Waals surface area contributed by atoms with E-state index in [4.69, 9.17) is 0 Å². The molecule has 0 heterocycles. The van der Waals surface area contributed by atoms with Crippen LogP contribution in [0, 0.1) is 0 Å². The van der Waals surface area contributed by atoms with Crippen LogP contribution in [0.2, 0.25) is 0 Å². The van der Waals surface area contributed by atoms with E-state index < -0.39 is 0 Å². The van der Waals surface area contributed by atoms with Crippen molar-refractivity contribution in [3.05, 3.63) is 35.9 Å². The van der Waals surface area contributed by atoms with Gasteiger partial charge < -0.3 is 15.4 Å². The van der Waals surface area contributed by atoms with Crippen molar-refractivity contribution in [2.24, 2.45) is 4.99 Å². The van der Waals surface area contributed by atoms with Gasteiger partial charge in [0.15, 0.2) is 5.96 Å². The van der Waals surface area contributed by atoms with E-state index in [0.717, 1.165) is 64.1 Å². The van der Waals surface area contributed by atoms with Gasteiger partial charge in [0, 0.05) is 26.1 Å². The number of benzene rings is 1. The zero-order chi connectivity index (χ0) is 18.2. The largest absolute Gasteiger partial charge is 0.469 e. The van der Waals surface area contributed by atoms with Gasteiger partial charge in [0.2, 0.25) is 0 Å². The fourth-order valence-electron chi connectivity index (χ4n) is 2.52. The highest BCUT2D eigenvalue weighted by molar-refractivity contribution is 5.79. The van der Waals surface area contributed by atoms with Crippen molar-refractivity contribution >= 4 is 11.9 Å². The van der Waals surface area contributed by atoms with Crippen LogP contribution >= 0.6 is 0 Å². The number of nitrogens with one attached hydrogen (secondary N) is 2. The SMILES string of the molecule is CCNC(=NCCCc1ccccc1)NCCCCCCC(=O)OC. The zero-order valence-electron chi connectivity index (χ0n) is 15.7. The summed E-state index contributed by atoms with van der Waals surface area (Å²) in [4.78, 5) is 15.6. The molecule has 1 aromatic rings. The number of rotatable bonds is 12. The van der Waals surface area contributed by atoms with Crippen molar-refractivity contribution < 1.29 is 9.53 Å². The second-order valence-electron chi connectivity index (χ2n) is 6.02. The monoisotopic (exact) mass is 347 g/mol. The minimum Gasteiger partial charge on any atom is -0.469 e. The first kappa shape index (κ1) is 21.0. The number of esters is 1. The Balaban J connectivity index is 2.12. The second-order valence-corrected chi connectivity index (χ2v) is 6.02. The number of hydrogen-bond acceptors (Lipinski definition) is 3. The van der Waals surface area contributed by atoms with Crippen LogP contribution in [-0.4, -0.2) is 38.7 Å². The molecule has 0 amide bonds. The first-order valence-corrected chi connectivity index (χ1v) is 9.39. The van der Waals surface area contributed by atoms with Gasteiger partial charge in [-0.05, 0) is 38.2 Å². The second kappa shape index (κ2) is 14.3. The van der Waals surface area contributed by atoms with Crippen molar-refractivity contribution in [3.63, 3.8) is 0 Å². The molecule has 0 aliphatic heterocycles. The molecule has 0 fully saturated rings. The number of methoxy groups -OCH3 is 1. The topological polar surface area (TPSA) is 62.7 Å². The van der Waals surface area contributed by atoms with E-state index in [2.05, 4.69) is 51.6 Å². The normalized spacial score (nSPS) is 11.2. The van der Waals surface area contributed by atoms with Gasteiger partial charge >= 0.3 is 5.97 Å². The minimum atomic E-state index is -0.116. The average Bonchev–Trinajstić information content (AvgIpc) is 2.64. The number of nitrogens with zero attached hydrogens (tertiary/aromatic N) is 1. The number of unbranched alkanes of at least 4 members (excludes halogenated alkanes) is 3. The lowest BCUT2D eigenvalue weighted by Gasteiger charge is -2.11. The number of ether oxygens (including phenoxy) is 1. The van der Waals surface area contributed by atoms with Crippen molar-refractivity contribution in [1.29, 1.82) is 0 Å². The van der Waals surface area contributed by atoms with Gasteiger partial charge in [0.05, 0.1) is 7.11 Å². The Kier molecular flexibility index (Phi) is 12.0. The molecule has 0 atom stereocenters. The first-order valence-electron chi connectivity index (χ1n) is 9.39.